The highest BCUT2D eigenvalue weighted by atomic mass is 35.5. The Labute approximate surface area is 182 Å². The van der Waals surface area contributed by atoms with Gasteiger partial charge in [0.05, 0.1) is 11.7 Å². The Morgan fingerprint density at radius 3 is 2.87 bits per heavy atom. The van der Waals surface area contributed by atoms with Gasteiger partial charge in [0.2, 0.25) is 0 Å². The van der Waals surface area contributed by atoms with Gasteiger partial charge in [0.15, 0.2) is 17.4 Å². The van der Waals surface area contributed by atoms with Crippen molar-refractivity contribution < 1.29 is 9.53 Å². The molecule has 0 aliphatic rings. The normalized spacial score (nSPS) is 10.9. The van der Waals surface area contributed by atoms with Crippen molar-refractivity contribution in [1.82, 2.24) is 24.3 Å². The molecule has 0 aliphatic heterocycles. The fraction of sp³-hybridized carbons (Fsp3) is 0.190. The van der Waals surface area contributed by atoms with Crippen LogP contribution in [-0.2, 0) is 11.8 Å². The number of Topliss-reactive ketones (excluding diaryl/α,β-unsaturated/α-hetero) is 1. The molecule has 1 N–H and O–H groups in total. The molecule has 0 spiro atoms. The van der Waals surface area contributed by atoms with Crippen LogP contribution in [0.1, 0.15) is 13.3 Å². The van der Waals surface area contributed by atoms with Crippen LogP contribution in [0.4, 0.5) is 11.5 Å². The summed E-state index contributed by atoms with van der Waals surface area (Å²) in [5, 5.41) is 8.39. The average molecular weight is 439 g/mol. The van der Waals surface area contributed by atoms with Crippen molar-refractivity contribution in [3.63, 3.8) is 0 Å². The van der Waals surface area contributed by atoms with Crippen LogP contribution in [0.3, 0.4) is 0 Å². The zero-order valence-corrected chi connectivity index (χ0v) is 17.6. The van der Waals surface area contributed by atoms with Gasteiger partial charge < -0.3 is 14.6 Å². The highest BCUT2D eigenvalue weighted by Gasteiger charge is 2.12. The van der Waals surface area contributed by atoms with Crippen molar-refractivity contribution in [2.24, 2.45) is 7.05 Å². The van der Waals surface area contributed by atoms with Gasteiger partial charge in [0.1, 0.15) is 11.6 Å². The zero-order chi connectivity index (χ0) is 22.0. The molecule has 4 rings (SSSR count). The fourth-order valence-electron chi connectivity index (χ4n) is 2.97. The lowest BCUT2D eigenvalue weighted by Crippen LogP contribution is -2.21. The summed E-state index contributed by atoms with van der Waals surface area (Å²) in [7, 11) is 1.66. The summed E-state index contributed by atoms with van der Waals surface area (Å²) in [5.41, 5.74) is 1.12. The number of nitrogens with one attached hydrogen (secondary N) is 1. The van der Waals surface area contributed by atoms with Crippen molar-refractivity contribution in [1.29, 1.82) is 0 Å². The Morgan fingerprint density at radius 1 is 1.29 bits per heavy atom. The monoisotopic (exact) mass is 438 g/mol. The van der Waals surface area contributed by atoms with E-state index in [1.54, 1.807) is 38.5 Å². The first kappa shape index (κ1) is 20.5. The zero-order valence-electron chi connectivity index (χ0n) is 16.9. The van der Waals surface area contributed by atoms with Gasteiger partial charge in [-0.2, -0.15) is 10.1 Å². The van der Waals surface area contributed by atoms with Crippen molar-refractivity contribution in [2.75, 3.05) is 11.9 Å². The molecule has 31 heavy (non-hydrogen) atoms. The number of halogens is 1. The molecule has 0 unspecified atom stereocenters. The quantitative estimate of drug-likeness (QED) is 0.472. The van der Waals surface area contributed by atoms with Gasteiger partial charge in [-0.25, -0.2) is 9.67 Å². The SMILES string of the molecule is CCC(=O)COc1cc2cc(Nc3nc(-n4cccn4)ncc3Cl)ccc2n(C)c1=O. The minimum Gasteiger partial charge on any atom is -0.480 e. The summed E-state index contributed by atoms with van der Waals surface area (Å²) in [6, 6.07) is 8.86. The number of hydrogen-bond acceptors (Lipinski definition) is 7. The second-order valence-electron chi connectivity index (χ2n) is 6.77. The van der Waals surface area contributed by atoms with E-state index >= 15 is 0 Å². The molecule has 9 nitrogen and oxygen atoms in total. The molecule has 0 radical (unpaired) electrons. The minimum absolute atomic E-state index is 0.0797. The number of hydrogen-bond donors (Lipinski definition) is 1. The van der Waals surface area contributed by atoms with Gasteiger partial charge in [-0.15, -0.1) is 0 Å². The fourth-order valence-corrected chi connectivity index (χ4v) is 3.11. The summed E-state index contributed by atoms with van der Waals surface area (Å²) in [6.45, 7) is 1.61. The van der Waals surface area contributed by atoms with Gasteiger partial charge >= 0.3 is 0 Å². The number of ketones is 1. The predicted octanol–water partition coefficient (Wildman–Crippen LogP) is 3.27. The van der Waals surface area contributed by atoms with E-state index in [4.69, 9.17) is 16.3 Å². The Kier molecular flexibility index (Phi) is 5.68. The van der Waals surface area contributed by atoms with E-state index < -0.39 is 0 Å². The lowest BCUT2D eigenvalue weighted by molar-refractivity contribution is -0.120. The van der Waals surface area contributed by atoms with E-state index in [0.29, 0.717) is 28.9 Å². The van der Waals surface area contributed by atoms with Crippen LogP contribution in [-0.4, -0.2) is 36.7 Å². The molecule has 0 bridgehead atoms. The third-order valence-electron chi connectivity index (χ3n) is 4.68. The first-order valence-electron chi connectivity index (χ1n) is 9.54. The van der Waals surface area contributed by atoms with E-state index in [1.165, 1.54) is 15.4 Å². The predicted molar refractivity (Wildman–Crippen MR) is 117 cm³/mol. The van der Waals surface area contributed by atoms with E-state index in [-0.39, 0.29) is 23.7 Å². The highest BCUT2D eigenvalue weighted by molar-refractivity contribution is 6.32. The van der Waals surface area contributed by atoms with Crippen LogP contribution in [0, 0.1) is 0 Å². The smallest absolute Gasteiger partial charge is 0.293 e. The van der Waals surface area contributed by atoms with E-state index in [9.17, 15) is 9.59 Å². The van der Waals surface area contributed by atoms with Crippen molar-refractivity contribution in [3.8, 4) is 11.7 Å². The molecule has 3 aromatic heterocycles. The van der Waals surface area contributed by atoms with Crippen LogP contribution >= 0.6 is 11.6 Å². The molecular weight excluding hydrogens is 420 g/mol. The van der Waals surface area contributed by atoms with Crippen molar-refractivity contribution >= 4 is 39.8 Å². The Hall–Kier alpha value is -3.72. The lowest BCUT2D eigenvalue weighted by atomic mass is 10.2. The maximum Gasteiger partial charge on any atom is 0.293 e. The van der Waals surface area contributed by atoms with E-state index in [1.807, 2.05) is 18.2 Å². The second-order valence-corrected chi connectivity index (χ2v) is 7.18. The van der Waals surface area contributed by atoms with Gasteiger partial charge in [-0.1, -0.05) is 18.5 Å². The minimum atomic E-state index is -0.306. The van der Waals surface area contributed by atoms with E-state index in [2.05, 4.69) is 20.4 Å². The number of fused-ring (bicyclic) bond motifs is 1. The van der Waals surface area contributed by atoms with Gasteiger partial charge in [0.25, 0.3) is 11.5 Å². The summed E-state index contributed by atoms with van der Waals surface area (Å²) in [4.78, 5) is 32.7. The Bertz CT molecular complexity index is 1320. The number of ether oxygens (including phenoxy) is 1. The number of aryl methyl sites for hydroxylation is 1. The third-order valence-corrected chi connectivity index (χ3v) is 4.95. The summed E-state index contributed by atoms with van der Waals surface area (Å²) >= 11 is 6.27. The summed E-state index contributed by atoms with van der Waals surface area (Å²) in [6.07, 6.45) is 5.21. The molecule has 158 valence electrons. The first-order chi connectivity index (χ1) is 15.0. The van der Waals surface area contributed by atoms with Gasteiger partial charge in [-0.05, 0) is 30.3 Å². The Balaban J connectivity index is 1.68. The lowest BCUT2D eigenvalue weighted by Gasteiger charge is -2.12. The average Bonchev–Trinajstić information content (AvgIpc) is 3.31. The van der Waals surface area contributed by atoms with Crippen LogP contribution in [0.2, 0.25) is 5.02 Å². The number of carbonyl (C=O) groups excluding carboxylic acids is 1. The molecule has 0 amide bonds. The van der Waals surface area contributed by atoms with Gasteiger partial charge in [-0.3, -0.25) is 9.59 Å². The maximum atomic E-state index is 12.5. The molecule has 0 saturated carbocycles. The molecule has 1 aromatic carbocycles. The van der Waals surface area contributed by atoms with Crippen molar-refractivity contribution in [3.05, 3.63) is 64.3 Å². The van der Waals surface area contributed by atoms with Gasteiger partial charge in [0, 0.05) is 36.9 Å². The summed E-state index contributed by atoms with van der Waals surface area (Å²) in [5.74, 6) is 0.826. The molecule has 4 aromatic rings. The standard InChI is InChI=1S/C21H19ClN6O3/c1-3-15(29)12-31-18-10-13-9-14(5-6-17(13)27(2)20(18)30)25-19-16(22)11-23-21(26-19)28-8-4-7-24-28/h4-11H,3,12H2,1-2H3,(H,23,25,26). The number of carbonyl (C=O) groups is 1. The number of aromatic nitrogens is 5. The topological polar surface area (TPSA) is 104 Å². The number of rotatable bonds is 7. The second kappa shape index (κ2) is 8.57. The number of benzene rings is 1. The Morgan fingerprint density at radius 2 is 2.13 bits per heavy atom. The van der Waals surface area contributed by atoms with Crippen LogP contribution in [0.25, 0.3) is 16.9 Å². The summed E-state index contributed by atoms with van der Waals surface area (Å²) < 4.78 is 8.47. The molecule has 0 fully saturated rings. The number of pyridine rings is 1. The number of anilines is 2. The largest absolute Gasteiger partial charge is 0.480 e. The third kappa shape index (κ3) is 4.26. The van der Waals surface area contributed by atoms with Crippen LogP contribution < -0.4 is 15.6 Å². The maximum absolute atomic E-state index is 12.5. The van der Waals surface area contributed by atoms with E-state index in [0.717, 1.165) is 10.9 Å². The molecule has 0 saturated heterocycles. The molecular formula is C21H19ClN6O3. The van der Waals surface area contributed by atoms with Crippen molar-refractivity contribution in [2.45, 2.75) is 13.3 Å². The molecule has 10 heteroatoms. The van der Waals surface area contributed by atoms with Crippen LogP contribution in [0.15, 0.2) is 53.7 Å². The highest BCUT2D eigenvalue weighted by Crippen LogP contribution is 2.26. The first-order valence-corrected chi connectivity index (χ1v) is 9.92. The molecule has 0 aliphatic carbocycles. The molecule has 3 heterocycles. The van der Waals surface area contributed by atoms with Crippen LogP contribution in [0.5, 0.6) is 5.75 Å². The number of nitrogens with zero attached hydrogens (tertiary/aromatic N) is 5. The molecule has 0 atom stereocenters.